The summed E-state index contributed by atoms with van der Waals surface area (Å²) in [6.07, 6.45) is -0.0932. The molecule has 0 bridgehead atoms. The van der Waals surface area contributed by atoms with Crippen LogP contribution in [0.15, 0.2) is 50.4 Å². The molecule has 1 N–H and O–H groups in total. The molecule has 2 heterocycles. The second kappa shape index (κ2) is 8.97. The topological polar surface area (TPSA) is 105 Å². The van der Waals surface area contributed by atoms with Crippen molar-refractivity contribution in [1.29, 1.82) is 0 Å². The van der Waals surface area contributed by atoms with Crippen LogP contribution in [0.5, 0.6) is 5.75 Å². The van der Waals surface area contributed by atoms with E-state index in [2.05, 4.69) is 9.71 Å². The molecule has 8 nitrogen and oxygen atoms in total. The van der Waals surface area contributed by atoms with Crippen LogP contribution in [-0.2, 0) is 19.6 Å². The lowest BCUT2D eigenvalue weighted by molar-refractivity contribution is -0.128. The monoisotopic (exact) mass is 453 g/mol. The van der Waals surface area contributed by atoms with E-state index in [1.807, 2.05) is 0 Å². The van der Waals surface area contributed by atoms with Gasteiger partial charge in [0.15, 0.2) is 5.17 Å². The molecule has 1 aromatic heterocycles. The van der Waals surface area contributed by atoms with Crippen molar-refractivity contribution in [2.24, 2.45) is 4.40 Å². The Morgan fingerprint density at radius 1 is 1.28 bits per heavy atom. The number of thioether (sulfide) groups is 1. The zero-order valence-electron chi connectivity index (χ0n) is 15.7. The van der Waals surface area contributed by atoms with E-state index in [0.29, 0.717) is 11.4 Å². The minimum absolute atomic E-state index is 0.0909. The summed E-state index contributed by atoms with van der Waals surface area (Å²) in [5, 5.41) is 3.73. The summed E-state index contributed by atoms with van der Waals surface area (Å²) in [6.45, 7) is 1.99. The van der Waals surface area contributed by atoms with Crippen LogP contribution < -0.4 is 10.1 Å². The molecular weight excluding hydrogens is 434 g/mol. The van der Waals surface area contributed by atoms with Crippen LogP contribution in [-0.4, -0.2) is 49.2 Å². The van der Waals surface area contributed by atoms with Crippen molar-refractivity contribution in [3.05, 3.63) is 41.8 Å². The van der Waals surface area contributed by atoms with E-state index in [1.54, 1.807) is 49.7 Å². The summed E-state index contributed by atoms with van der Waals surface area (Å²) in [7, 11) is -2.35. The third-order valence-electron chi connectivity index (χ3n) is 4.03. The zero-order chi connectivity index (χ0) is 21.0. The Balaban J connectivity index is 1.71. The van der Waals surface area contributed by atoms with Gasteiger partial charge in [-0.3, -0.25) is 14.5 Å². The van der Waals surface area contributed by atoms with Crippen molar-refractivity contribution in [3.63, 3.8) is 0 Å². The van der Waals surface area contributed by atoms with E-state index in [4.69, 9.17) is 4.74 Å². The van der Waals surface area contributed by atoms with Crippen molar-refractivity contribution in [2.45, 2.75) is 22.8 Å². The fraction of sp³-hybridized carbons (Fsp3) is 0.278. The van der Waals surface area contributed by atoms with Crippen molar-refractivity contribution in [3.8, 4) is 5.75 Å². The number of thiophene rings is 1. The van der Waals surface area contributed by atoms with Gasteiger partial charge in [0, 0.05) is 18.7 Å². The number of methoxy groups -OCH3 is 1. The van der Waals surface area contributed by atoms with Gasteiger partial charge in [-0.25, -0.2) is 0 Å². The van der Waals surface area contributed by atoms with Gasteiger partial charge in [0.1, 0.15) is 15.2 Å². The highest BCUT2D eigenvalue weighted by atomic mass is 32.2. The Kier molecular flexibility index (Phi) is 6.60. The molecule has 29 heavy (non-hydrogen) atoms. The number of amides is 2. The van der Waals surface area contributed by atoms with Crippen molar-refractivity contribution in [1.82, 2.24) is 4.90 Å². The number of anilines is 1. The summed E-state index contributed by atoms with van der Waals surface area (Å²) in [5.41, 5.74) is 0.577. The molecule has 0 spiro atoms. The van der Waals surface area contributed by atoms with Crippen LogP contribution in [0, 0.1) is 0 Å². The number of nitrogens with one attached hydrogen (secondary N) is 1. The van der Waals surface area contributed by atoms with Gasteiger partial charge in [0.25, 0.3) is 10.0 Å². The Bertz CT molecular complexity index is 1020. The number of sulfonamides is 1. The van der Waals surface area contributed by atoms with Gasteiger partial charge in [0.05, 0.1) is 7.11 Å². The Morgan fingerprint density at radius 3 is 2.59 bits per heavy atom. The summed E-state index contributed by atoms with van der Waals surface area (Å²) in [6, 6.07) is 9.89. The first-order valence-electron chi connectivity index (χ1n) is 8.64. The maximum atomic E-state index is 12.6. The fourth-order valence-electron chi connectivity index (χ4n) is 2.61. The number of amidine groups is 1. The molecule has 1 unspecified atom stereocenters. The Hall–Kier alpha value is -2.37. The van der Waals surface area contributed by atoms with Crippen LogP contribution in [0.25, 0.3) is 0 Å². The Labute approximate surface area is 177 Å². The second-order valence-electron chi connectivity index (χ2n) is 5.95. The fourth-order valence-corrected chi connectivity index (χ4v) is 6.00. The molecule has 3 rings (SSSR count). The number of benzene rings is 1. The van der Waals surface area contributed by atoms with Gasteiger partial charge in [0.2, 0.25) is 11.8 Å². The predicted molar refractivity (Wildman–Crippen MR) is 114 cm³/mol. The first-order valence-corrected chi connectivity index (χ1v) is 11.8. The molecule has 0 saturated carbocycles. The van der Waals surface area contributed by atoms with E-state index >= 15 is 0 Å². The smallest absolute Gasteiger partial charge is 0.294 e. The van der Waals surface area contributed by atoms with Gasteiger partial charge in [-0.05, 0) is 42.6 Å². The highest BCUT2D eigenvalue weighted by Gasteiger charge is 2.39. The van der Waals surface area contributed by atoms with Gasteiger partial charge in [-0.15, -0.1) is 15.7 Å². The highest BCUT2D eigenvalue weighted by Crippen LogP contribution is 2.31. The largest absolute Gasteiger partial charge is 0.497 e. The minimum atomic E-state index is -3.89. The third-order valence-corrected chi connectivity index (χ3v) is 7.96. The molecular formula is C18H19N3O5S3. The number of carbonyl (C=O) groups excluding carboxylic acids is 2. The minimum Gasteiger partial charge on any atom is -0.497 e. The lowest BCUT2D eigenvalue weighted by Crippen LogP contribution is -2.33. The lowest BCUT2D eigenvalue weighted by Gasteiger charge is -2.13. The van der Waals surface area contributed by atoms with Crippen LogP contribution in [0.1, 0.15) is 13.3 Å². The molecule has 1 saturated heterocycles. The van der Waals surface area contributed by atoms with Gasteiger partial charge >= 0.3 is 0 Å². The number of rotatable bonds is 7. The van der Waals surface area contributed by atoms with E-state index < -0.39 is 15.3 Å². The molecule has 1 atom stereocenters. The summed E-state index contributed by atoms with van der Waals surface area (Å²) in [5.74, 6) is -0.0159. The van der Waals surface area contributed by atoms with Crippen molar-refractivity contribution >= 4 is 55.8 Å². The average molecular weight is 454 g/mol. The zero-order valence-corrected chi connectivity index (χ0v) is 18.1. The van der Waals surface area contributed by atoms with Crippen molar-refractivity contribution in [2.75, 3.05) is 19.0 Å². The number of nitrogens with zero attached hydrogens (tertiary/aromatic N) is 2. The van der Waals surface area contributed by atoms with Gasteiger partial charge in [-0.2, -0.15) is 8.42 Å². The molecule has 2 aromatic rings. The third kappa shape index (κ3) is 4.98. The number of hydrogen-bond acceptors (Lipinski definition) is 7. The van der Waals surface area contributed by atoms with Gasteiger partial charge < -0.3 is 10.1 Å². The van der Waals surface area contributed by atoms with Crippen LogP contribution in [0.3, 0.4) is 0 Å². The molecule has 1 aromatic carbocycles. The first kappa shape index (κ1) is 21.3. The maximum absolute atomic E-state index is 12.6. The van der Waals surface area contributed by atoms with Crippen molar-refractivity contribution < 1.29 is 22.7 Å². The number of hydrogen-bond donors (Lipinski definition) is 1. The molecule has 1 aliphatic heterocycles. The molecule has 154 valence electrons. The summed E-state index contributed by atoms with van der Waals surface area (Å²) in [4.78, 5) is 26.3. The van der Waals surface area contributed by atoms with Crippen LogP contribution >= 0.6 is 23.1 Å². The average Bonchev–Trinajstić information content (AvgIpc) is 3.32. The Morgan fingerprint density at radius 2 is 2.00 bits per heavy atom. The van der Waals surface area contributed by atoms with E-state index in [-0.39, 0.29) is 34.2 Å². The van der Waals surface area contributed by atoms with E-state index in [1.165, 1.54) is 11.0 Å². The molecule has 11 heteroatoms. The SMILES string of the molecule is CCN1C(=O)C(CC(=O)Nc2ccc(OC)cc2)S/C1=N/S(=O)(=O)c1cccs1. The second-order valence-corrected chi connectivity index (χ2v) is 9.90. The quantitative estimate of drug-likeness (QED) is 0.691. The molecule has 1 fully saturated rings. The standard InChI is InChI=1S/C18H19N3O5S3/c1-3-21-17(23)14(11-15(22)19-12-6-8-13(26-2)9-7-12)28-18(21)20-29(24,25)16-5-4-10-27-16/h4-10,14H,3,11H2,1-2H3,(H,19,22)/b20-18+. The van der Waals surface area contributed by atoms with Gasteiger partial charge in [-0.1, -0.05) is 17.8 Å². The summed E-state index contributed by atoms with van der Waals surface area (Å²) < 4.78 is 33.9. The molecule has 2 amide bonds. The van der Waals surface area contributed by atoms with E-state index in [0.717, 1.165) is 23.1 Å². The van der Waals surface area contributed by atoms with E-state index in [9.17, 15) is 18.0 Å². The lowest BCUT2D eigenvalue weighted by atomic mass is 10.2. The number of ether oxygens (including phenoxy) is 1. The molecule has 1 aliphatic rings. The molecule has 0 radical (unpaired) electrons. The molecule has 0 aliphatic carbocycles. The summed E-state index contributed by atoms with van der Waals surface area (Å²) >= 11 is 2.05. The van der Waals surface area contributed by atoms with Crippen LogP contribution in [0.2, 0.25) is 0 Å². The highest BCUT2D eigenvalue weighted by molar-refractivity contribution is 8.16. The normalized spacial score (nSPS) is 18.3. The number of carbonyl (C=O) groups is 2. The predicted octanol–water partition coefficient (Wildman–Crippen LogP) is 2.79. The maximum Gasteiger partial charge on any atom is 0.294 e. The first-order chi connectivity index (χ1) is 13.8. The van der Waals surface area contributed by atoms with Crippen LogP contribution in [0.4, 0.5) is 5.69 Å².